The maximum Gasteiger partial charge on any atom is 0.225 e. The summed E-state index contributed by atoms with van der Waals surface area (Å²) >= 11 is 0. The molecule has 2 heterocycles. The Kier molecular flexibility index (Phi) is 10.3. The second-order valence-electron chi connectivity index (χ2n) is 10.0. The van der Waals surface area contributed by atoms with Crippen molar-refractivity contribution < 1.29 is 4.79 Å². The first-order valence-corrected chi connectivity index (χ1v) is 12.5. The first-order valence-electron chi connectivity index (χ1n) is 12.5. The zero-order chi connectivity index (χ0) is 20.4. The third kappa shape index (κ3) is 7.04. The molecule has 2 atom stereocenters. The summed E-state index contributed by atoms with van der Waals surface area (Å²) in [6.07, 6.45) is 15.1. The topological polar surface area (TPSA) is 23.6 Å². The first kappa shape index (κ1) is 23.7. The van der Waals surface area contributed by atoms with Gasteiger partial charge < -0.3 is 9.80 Å². The van der Waals surface area contributed by atoms with Gasteiger partial charge in [-0.1, -0.05) is 72.6 Å². The van der Waals surface area contributed by atoms with Crippen LogP contribution in [0.15, 0.2) is 0 Å². The molecule has 1 spiro atoms. The molecule has 2 aliphatic rings. The van der Waals surface area contributed by atoms with E-state index in [1.807, 2.05) is 0 Å². The molecule has 3 nitrogen and oxygen atoms in total. The fraction of sp³-hybridized carbons (Fsp3) is 0.960. The number of unbranched alkanes of at least 4 members (excludes halogenated alkanes) is 4. The predicted molar refractivity (Wildman–Crippen MR) is 121 cm³/mol. The van der Waals surface area contributed by atoms with Gasteiger partial charge in [-0.05, 0) is 50.0 Å². The molecule has 3 heteroatoms. The number of piperidine rings is 1. The van der Waals surface area contributed by atoms with E-state index in [0.29, 0.717) is 11.3 Å². The number of carbonyl (C=O) groups excluding carboxylic acids is 1. The zero-order valence-electron chi connectivity index (χ0n) is 19.5. The van der Waals surface area contributed by atoms with Crippen LogP contribution in [0.3, 0.4) is 0 Å². The van der Waals surface area contributed by atoms with Crippen molar-refractivity contribution in [3.8, 4) is 0 Å². The molecule has 28 heavy (non-hydrogen) atoms. The number of hydrogen-bond donors (Lipinski definition) is 0. The summed E-state index contributed by atoms with van der Waals surface area (Å²) in [5.41, 5.74) is 0.534. The molecule has 2 aliphatic heterocycles. The third-order valence-electron chi connectivity index (χ3n) is 7.49. The molecular formula is C25H48N2O. The number of nitrogens with zero attached hydrogens (tertiary/aromatic N) is 2. The highest BCUT2D eigenvalue weighted by Crippen LogP contribution is 2.41. The summed E-state index contributed by atoms with van der Waals surface area (Å²) in [5, 5.41) is 0. The van der Waals surface area contributed by atoms with Gasteiger partial charge in [-0.25, -0.2) is 0 Å². The largest absolute Gasteiger partial charge is 0.342 e. The van der Waals surface area contributed by atoms with E-state index in [1.54, 1.807) is 0 Å². The molecule has 0 saturated carbocycles. The molecular weight excluding hydrogens is 344 g/mol. The van der Waals surface area contributed by atoms with Gasteiger partial charge in [-0.2, -0.15) is 0 Å². The Labute approximate surface area is 175 Å². The molecule has 2 fully saturated rings. The fourth-order valence-electron chi connectivity index (χ4n) is 5.26. The van der Waals surface area contributed by atoms with Gasteiger partial charge in [0.2, 0.25) is 5.91 Å². The van der Waals surface area contributed by atoms with E-state index < -0.39 is 0 Å². The summed E-state index contributed by atoms with van der Waals surface area (Å²) in [6, 6.07) is 0. The van der Waals surface area contributed by atoms with E-state index in [0.717, 1.165) is 31.8 Å². The van der Waals surface area contributed by atoms with Crippen molar-refractivity contribution in [3.63, 3.8) is 0 Å². The Morgan fingerprint density at radius 3 is 2.18 bits per heavy atom. The second-order valence-corrected chi connectivity index (χ2v) is 10.0. The van der Waals surface area contributed by atoms with Crippen molar-refractivity contribution in [2.75, 3.05) is 32.7 Å². The van der Waals surface area contributed by atoms with E-state index >= 15 is 0 Å². The Morgan fingerprint density at radius 1 is 0.893 bits per heavy atom. The summed E-state index contributed by atoms with van der Waals surface area (Å²) in [7, 11) is 0. The summed E-state index contributed by atoms with van der Waals surface area (Å²) in [4.78, 5) is 17.8. The number of amides is 1. The Bertz CT molecular complexity index is 434. The minimum Gasteiger partial charge on any atom is -0.342 e. The lowest BCUT2D eigenvalue weighted by Gasteiger charge is -2.54. The molecule has 0 aromatic carbocycles. The standard InChI is InChI=1S/C25H48N2O/c1-5-8-10-11-13-23(7-3)24(28)27-18-15-25(16-19-27)20-26(21-25)17-14-22(4)12-9-6-2/h22-23H,5-21H2,1-4H3. The minimum atomic E-state index is 0.272. The van der Waals surface area contributed by atoms with Crippen LogP contribution in [0.5, 0.6) is 0 Å². The lowest BCUT2D eigenvalue weighted by molar-refractivity contribution is -0.141. The van der Waals surface area contributed by atoms with Crippen LogP contribution in [-0.2, 0) is 4.79 Å². The van der Waals surface area contributed by atoms with E-state index in [9.17, 15) is 4.79 Å². The van der Waals surface area contributed by atoms with Crippen LogP contribution >= 0.6 is 0 Å². The maximum absolute atomic E-state index is 13.0. The second kappa shape index (κ2) is 12.2. The van der Waals surface area contributed by atoms with E-state index in [4.69, 9.17) is 0 Å². The maximum atomic E-state index is 13.0. The van der Waals surface area contributed by atoms with Crippen LogP contribution in [0.1, 0.15) is 105 Å². The number of carbonyl (C=O) groups is 1. The van der Waals surface area contributed by atoms with Crippen molar-refractivity contribution >= 4 is 5.91 Å². The normalized spacial score (nSPS) is 21.5. The molecule has 0 bridgehead atoms. The van der Waals surface area contributed by atoms with Crippen molar-refractivity contribution in [3.05, 3.63) is 0 Å². The Balaban J connectivity index is 1.65. The van der Waals surface area contributed by atoms with Gasteiger partial charge in [0.1, 0.15) is 0 Å². The van der Waals surface area contributed by atoms with Gasteiger partial charge in [-0.3, -0.25) is 4.79 Å². The van der Waals surface area contributed by atoms with Crippen LogP contribution in [0.2, 0.25) is 0 Å². The molecule has 0 aromatic rings. The Hall–Kier alpha value is -0.570. The van der Waals surface area contributed by atoms with Gasteiger partial charge in [-0.15, -0.1) is 0 Å². The highest BCUT2D eigenvalue weighted by molar-refractivity contribution is 5.78. The van der Waals surface area contributed by atoms with Gasteiger partial charge in [0.15, 0.2) is 0 Å². The molecule has 164 valence electrons. The van der Waals surface area contributed by atoms with Crippen LogP contribution < -0.4 is 0 Å². The van der Waals surface area contributed by atoms with Crippen LogP contribution in [0, 0.1) is 17.3 Å². The van der Waals surface area contributed by atoms with Crippen LogP contribution in [-0.4, -0.2) is 48.4 Å². The molecule has 0 N–H and O–H groups in total. The third-order valence-corrected chi connectivity index (χ3v) is 7.49. The van der Waals surface area contributed by atoms with Crippen molar-refractivity contribution in [1.82, 2.24) is 9.80 Å². The minimum absolute atomic E-state index is 0.272. The van der Waals surface area contributed by atoms with Crippen molar-refractivity contribution in [1.29, 1.82) is 0 Å². The molecule has 0 aliphatic carbocycles. The summed E-state index contributed by atoms with van der Waals surface area (Å²) < 4.78 is 0. The van der Waals surface area contributed by atoms with E-state index in [1.165, 1.54) is 83.8 Å². The van der Waals surface area contributed by atoms with Crippen LogP contribution in [0.25, 0.3) is 0 Å². The van der Waals surface area contributed by atoms with Crippen LogP contribution in [0.4, 0.5) is 0 Å². The molecule has 0 radical (unpaired) electrons. The highest BCUT2D eigenvalue weighted by Gasteiger charge is 2.45. The summed E-state index contributed by atoms with van der Waals surface area (Å²) in [6.45, 7) is 15.0. The molecule has 0 aromatic heterocycles. The monoisotopic (exact) mass is 392 g/mol. The average Bonchev–Trinajstić information content (AvgIpc) is 2.69. The first-order chi connectivity index (χ1) is 13.5. The quantitative estimate of drug-likeness (QED) is 0.352. The van der Waals surface area contributed by atoms with Gasteiger partial charge in [0.25, 0.3) is 0 Å². The molecule has 2 saturated heterocycles. The van der Waals surface area contributed by atoms with Crippen molar-refractivity contribution in [2.45, 2.75) is 105 Å². The SMILES string of the molecule is CCCCCCC(CC)C(=O)N1CCC2(CC1)CN(CCC(C)CCCC)C2. The lowest BCUT2D eigenvalue weighted by atomic mass is 9.71. The number of hydrogen-bond acceptors (Lipinski definition) is 2. The molecule has 1 amide bonds. The number of rotatable bonds is 13. The van der Waals surface area contributed by atoms with Gasteiger partial charge >= 0.3 is 0 Å². The lowest BCUT2D eigenvalue weighted by Crippen LogP contribution is -2.61. The van der Waals surface area contributed by atoms with E-state index in [-0.39, 0.29) is 5.92 Å². The van der Waals surface area contributed by atoms with Gasteiger partial charge in [0.05, 0.1) is 0 Å². The Morgan fingerprint density at radius 2 is 1.57 bits per heavy atom. The zero-order valence-corrected chi connectivity index (χ0v) is 19.5. The van der Waals surface area contributed by atoms with Crippen molar-refractivity contribution in [2.24, 2.45) is 17.3 Å². The molecule has 2 unspecified atom stereocenters. The smallest absolute Gasteiger partial charge is 0.225 e. The van der Waals surface area contributed by atoms with Gasteiger partial charge in [0, 0.05) is 32.1 Å². The van der Waals surface area contributed by atoms with E-state index in [2.05, 4.69) is 37.5 Å². The molecule has 2 rings (SSSR count). The fourth-order valence-corrected chi connectivity index (χ4v) is 5.26. The summed E-state index contributed by atoms with van der Waals surface area (Å²) in [5.74, 6) is 1.60. The number of likely N-dealkylation sites (tertiary alicyclic amines) is 2. The predicted octanol–water partition coefficient (Wildman–Crippen LogP) is 6.12. The average molecular weight is 393 g/mol. The highest BCUT2D eigenvalue weighted by atomic mass is 16.2.